The van der Waals surface area contributed by atoms with Crippen molar-refractivity contribution < 1.29 is 0 Å². The highest BCUT2D eigenvalue weighted by Crippen LogP contribution is 2.30. The van der Waals surface area contributed by atoms with Crippen molar-refractivity contribution in [1.29, 1.82) is 0 Å². The first-order valence-corrected chi connectivity index (χ1v) is 8.58. The van der Waals surface area contributed by atoms with Gasteiger partial charge in [-0.05, 0) is 36.8 Å². The van der Waals surface area contributed by atoms with Gasteiger partial charge in [0, 0.05) is 17.8 Å². The molecule has 1 aliphatic rings. The van der Waals surface area contributed by atoms with Crippen LogP contribution in [0.2, 0.25) is 0 Å². The van der Waals surface area contributed by atoms with Crippen molar-refractivity contribution in [2.45, 2.75) is 58.4 Å². The van der Waals surface area contributed by atoms with Crippen molar-refractivity contribution in [2.75, 3.05) is 10.6 Å². The average Bonchev–Trinajstić information content (AvgIpc) is 3.02. The quantitative estimate of drug-likeness (QED) is 0.815. The number of aryl methyl sites for hydroxylation is 1. The summed E-state index contributed by atoms with van der Waals surface area (Å²) in [6, 6.07) is 8.99. The fourth-order valence-corrected chi connectivity index (χ4v) is 3.25. The maximum atomic E-state index is 4.39. The molecule has 2 N–H and O–H groups in total. The Morgan fingerprint density at radius 3 is 2.57 bits per heavy atom. The van der Waals surface area contributed by atoms with E-state index < -0.39 is 0 Å². The molecule has 0 spiro atoms. The molecule has 1 aliphatic carbocycles. The van der Waals surface area contributed by atoms with Crippen LogP contribution in [-0.4, -0.2) is 16.0 Å². The molecule has 4 nitrogen and oxygen atoms in total. The van der Waals surface area contributed by atoms with Crippen LogP contribution in [0.3, 0.4) is 0 Å². The van der Waals surface area contributed by atoms with Gasteiger partial charge in [0.15, 0.2) is 0 Å². The summed E-state index contributed by atoms with van der Waals surface area (Å²) >= 11 is 0. The zero-order chi connectivity index (χ0) is 16.2. The molecule has 4 heteroatoms. The van der Waals surface area contributed by atoms with Crippen molar-refractivity contribution >= 4 is 17.3 Å². The Kier molecular flexibility index (Phi) is 4.79. The minimum absolute atomic E-state index is 0.468. The van der Waals surface area contributed by atoms with Crippen LogP contribution in [0.4, 0.5) is 17.3 Å². The minimum Gasteiger partial charge on any atom is -0.367 e. The van der Waals surface area contributed by atoms with E-state index in [1.165, 1.54) is 36.8 Å². The van der Waals surface area contributed by atoms with E-state index in [4.69, 9.17) is 0 Å². The van der Waals surface area contributed by atoms with Crippen molar-refractivity contribution in [1.82, 2.24) is 9.97 Å². The van der Waals surface area contributed by atoms with Crippen LogP contribution in [0.1, 0.15) is 56.6 Å². The first-order valence-electron chi connectivity index (χ1n) is 8.58. The van der Waals surface area contributed by atoms with Crippen LogP contribution in [0, 0.1) is 6.92 Å². The summed E-state index contributed by atoms with van der Waals surface area (Å²) in [5.41, 5.74) is 3.71. The molecule has 1 saturated carbocycles. The Morgan fingerprint density at radius 1 is 1.09 bits per heavy atom. The molecule has 0 saturated heterocycles. The predicted molar refractivity (Wildman–Crippen MR) is 96.5 cm³/mol. The second-order valence-corrected chi connectivity index (χ2v) is 6.73. The first kappa shape index (κ1) is 15.8. The van der Waals surface area contributed by atoms with Crippen molar-refractivity contribution in [3.63, 3.8) is 0 Å². The molecule has 1 fully saturated rings. The van der Waals surface area contributed by atoms with Crippen LogP contribution in [0.5, 0.6) is 0 Å². The topological polar surface area (TPSA) is 49.8 Å². The van der Waals surface area contributed by atoms with Gasteiger partial charge in [-0.3, -0.25) is 0 Å². The summed E-state index contributed by atoms with van der Waals surface area (Å²) in [6.45, 7) is 6.56. The summed E-state index contributed by atoms with van der Waals surface area (Å²) in [5.74, 6) is 2.22. The van der Waals surface area contributed by atoms with E-state index in [9.17, 15) is 0 Å². The summed E-state index contributed by atoms with van der Waals surface area (Å²) in [5, 5.41) is 7.02. The maximum Gasteiger partial charge on any atom is 0.135 e. The molecular weight excluding hydrogens is 284 g/mol. The molecule has 0 bridgehead atoms. The van der Waals surface area contributed by atoms with Gasteiger partial charge in [-0.1, -0.05) is 44.9 Å². The standard InChI is InChI=1S/C19H26N4/c1-13(2)16-10-6-7-14(3)19(16)23-18-11-17(20-12-21-18)22-15-8-4-5-9-15/h6-7,10-13,15H,4-5,8-9H2,1-3H3,(H2,20,21,22,23). The number of hydrogen-bond acceptors (Lipinski definition) is 4. The fraction of sp³-hybridized carbons (Fsp3) is 0.474. The molecule has 0 amide bonds. The van der Waals surface area contributed by atoms with Crippen LogP contribution >= 0.6 is 0 Å². The number of benzene rings is 1. The Hall–Kier alpha value is -2.10. The number of aromatic nitrogens is 2. The lowest BCUT2D eigenvalue weighted by Crippen LogP contribution is -2.15. The summed E-state index contributed by atoms with van der Waals surface area (Å²) in [7, 11) is 0. The summed E-state index contributed by atoms with van der Waals surface area (Å²) in [6.07, 6.45) is 6.74. The van der Waals surface area contributed by atoms with Crippen molar-refractivity contribution in [3.05, 3.63) is 41.7 Å². The first-order chi connectivity index (χ1) is 11.1. The fourth-order valence-electron chi connectivity index (χ4n) is 3.25. The number of anilines is 3. The number of para-hydroxylation sites is 1. The SMILES string of the molecule is Cc1cccc(C(C)C)c1Nc1cc(NC2CCCC2)ncn1. The second-order valence-electron chi connectivity index (χ2n) is 6.73. The highest BCUT2D eigenvalue weighted by Gasteiger charge is 2.15. The highest BCUT2D eigenvalue weighted by atomic mass is 15.1. The minimum atomic E-state index is 0.468. The Labute approximate surface area is 138 Å². The molecule has 23 heavy (non-hydrogen) atoms. The van der Waals surface area contributed by atoms with Gasteiger partial charge in [0.25, 0.3) is 0 Å². The van der Waals surface area contributed by atoms with Crippen LogP contribution in [0.15, 0.2) is 30.6 Å². The molecule has 0 unspecified atom stereocenters. The molecular formula is C19H26N4. The van der Waals surface area contributed by atoms with Gasteiger partial charge in [-0.25, -0.2) is 9.97 Å². The van der Waals surface area contributed by atoms with E-state index in [0.29, 0.717) is 12.0 Å². The van der Waals surface area contributed by atoms with Gasteiger partial charge in [-0.2, -0.15) is 0 Å². The lowest BCUT2D eigenvalue weighted by atomic mass is 9.98. The number of nitrogens with zero attached hydrogens (tertiary/aromatic N) is 2. The Balaban J connectivity index is 1.80. The average molecular weight is 310 g/mol. The van der Waals surface area contributed by atoms with Crippen LogP contribution in [-0.2, 0) is 0 Å². The number of nitrogens with one attached hydrogen (secondary N) is 2. The lowest BCUT2D eigenvalue weighted by Gasteiger charge is -2.18. The largest absolute Gasteiger partial charge is 0.367 e. The normalized spacial score (nSPS) is 15.1. The molecule has 122 valence electrons. The molecule has 0 aliphatic heterocycles. The molecule has 1 heterocycles. The summed E-state index contributed by atoms with van der Waals surface area (Å²) in [4.78, 5) is 8.75. The van der Waals surface area contributed by atoms with Gasteiger partial charge in [-0.15, -0.1) is 0 Å². The molecule has 1 aromatic heterocycles. The Morgan fingerprint density at radius 2 is 1.83 bits per heavy atom. The van der Waals surface area contributed by atoms with Gasteiger partial charge < -0.3 is 10.6 Å². The molecule has 3 rings (SSSR count). The predicted octanol–water partition coefficient (Wildman–Crippen LogP) is 5.01. The van der Waals surface area contributed by atoms with Gasteiger partial charge in [0.2, 0.25) is 0 Å². The van der Waals surface area contributed by atoms with E-state index >= 15 is 0 Å². The smallest absolute Gasteiger partial charge is 0.135 e. The van der Waals surface area contributed by atoms with E-state index in [1.807, 2.05) is 6.07 Å². The maximum absolute atomic E-state index is 4.39. The van der Waals surface area contributed by atoms with Crippen LogP contribution < -0.4 is 10.6 Å². The Bertz CT molecular complexity index is 660. The second kappa shape index (κ2) is 6.99. The van der Waals surface area contributed by atoms with Gasteiger partial charge in [0.05, 0.1) is 0 Å². The summed E-state index contributed by atoms with van der Waals surface area (Å²) < 4.78 is 0. The third-order valence-electron chi connectivity index (χ3n) is 4.55. The van der Waals surface area contributed by atoms with Crippen LogP contribution in [0.25, 0.3) is 0 Å². The van der Waals surface area contributed by atoms with E-state index in [1.54, 1.807) is 6.33 Å². The van der Waals surface area contributed by atoms with E-state index in [-0.39, 0.29) is 0 Å². The zero-order valence-electron chi connectivity index (χ0n) is 14.3. The zero-order valence-corrected chi connectivity index (χ0v) is 14.3. The van der Waals surface area contributed by atoms with Gasteiger partial charge >= 0.3 is 0 Å². The van der Waals surface area contributed by atoms with Gasteiger partial charge in [0.1, 0.15) is 18.0 Å². The highest BCUT2D eigenvalue weighted by molar-refractivity contribution is 5.66. The number of hydrogen-bond donors (Lipinski definition) is 2. The number of rotatable bonds is 5. The molecule has 2 aromatic rings. The van der Waals surface area contributed by atoms with Crippen molar-refractivity contribution in [3.8, 4) is 0 Å². The molecule has 0 radical (unpaired) electrons. The molecule has 1 aromatic carbocycles. The third-order valence-corrected chi connectivity index (χ3v) is 4.55. The lowest BCUT2D eigenvalue weighted by molar-refractivity contribution is 0.750. The van der Waals surface area contributed by atoms with Crippen molar-refractivity contribution in [2.24, 2.45) is 0 Å². The third kappa shape index (κ3) is 3.81. The van der Waals surface area contributed by atoms with E-state index in [2.05, 4.69) is 59.6 Å². The molecule has 0 atom stereocenters. The monoisotopic (exact) mass is 310 g/mol. The van der Waals surface area contributed by atoms with E-state index in [0.717, 1.165) is 17.3 Å².